The van der Waals surface area contributed by atoms with Gasteiger partial charge < -0.3 is 15.0 Å². The van der Waals surface area contributed by atoms with Crippen molar-refractivity contribution in [1.82, 2.24) is 14.9 Å². The minimum absolute atomic E-state index is 0.202. The van der Waals surface area contributed by atoms with Gasteiger partial charge >= 0.3 is 0 Å². The van der Waals surface area contributed by atoms with E-state index in [0.717, 1.165) is 6.54 Å². The lowest BCUT2D eigenvalue weighted by molar-refractivity contribution is -0.129. The second-order valence-corrected chi connectivity index (χ2v) is 6.09. The minimum atomic E-state index is -1.29. The Hall–Kier alpha value is -1.56. The lowest BCUT2D eigenvalue weighted by Crippen LogP contribution is -2.33. The van der Waals surface area contributed by atoms with E-state index in [-0.39, 0.29) is 5.92 Å². The molecule has 0 bridgehead atoms. The number of imidazole rings is 1. The normalized spacial score (nSPS) is 13.6. The molecule has 0 aliphatic rings. The average molecular weight is 342 g/mol. The van der Waals surface area contributed by atoms with Crippen LogP contribution < -0.4 is 5.32 Å². The number of aliphatic hydroxyl groups excluding tert-OH is 1. The minimum Gasteiger partial charge on any atom is -0.378 e. The van der Waals surface area contributed by atoms with Crippen LogP contribution in [0.5, 0.6) is 0 Å². The predicted octanol–water partition coefficient (Wildman–Crippen LogP) is 2.68. The molecule has 1 aromatic carbocycles. The van der Waals surface area contributed by atoms with Gasteiger partial charge in [-0.1, -0.05) is 30.1 Å². The van der Waals surface area contributed by atoms with E-state index in [1.165, 1.54) is 12.1 Å². The first-order valence-corrected chi connectivity index (χ1v) is 7.59. The number of benzene rings is 1. The summed E-state index contributed by atoms with van der Waals surface area (Å²) in [5, 5.41) is 13.5. The fraction of sp³-hybridized carbons (Fsp3) is 0.333. The highest BCUT2D eigenvalue weighted by molar-refractivity contribution is 6.34. The second-order valence-electron chi connectivity index (χ2n) is 5.22. The molecule has 0 saturated heterocycles. The number of rotatable bonds is 6. The number of aliphatic hydroxyl groups is 1. The van der Waals surface area contributed by atoms with Crippen LogP contribution in [0.1, 0.15) is 18.6 Å². The van der Waals surface area contributed by atoms with Crippen LogP contribution in [0.4, 0.5) is 0 Å². The number of halogens is 2. The van der Waals surface area contributed by atoms with Crippen LogP contribution in [-0.4, -0.2) is 27.1 Å². The molecule has 2 atom stereocenters. The number of carbonyl (C=O) groups is 1. The summed E-state index contributed by atoms with van der Waals surface area (Å²) in [6.45, 7) is 3.19. The molecular weight excluding hydrogens is 325 g/mol. The van der Waals surface area contributed by atoms with Gasteiger partial charge in [0.25, 0.3) is 5.91 Å². The molecule has 0 spiro atoms. The Morgan fingerprint density at radius 2 is 2.05 bits per heavy atom. The topological polar surface area (TPSA) is 67.2 Å². The molecule has 5 nitrogen and oxygen atoms in total. The van der Waals surface area contributed by atoms with Crippen molar-refractivity contribution in [2.45, 2.75) is 19.6 Å². The van der Waals surface area contributed by atoms with Crippen LogP contribution in [-0.2, 0) is 11.3 Å². The Balaban J connectivity index is 1.88. The Morgan fingerprint density at radius 1 is 1.36 bits per heavy atom. The van der Waals surface area contributed by atoms with Gasteiger partial charge in [0.1, 0.15) is 0 Å². The molecule has 0 aliphatic carbocycles. The SMILES string of the molecule is CC(CNC(=O)C(O)c1cc(Cl)cc(Cl)c1)Cn1ccnc1. The summed E-state index contributed by atoms with van der Waals surface area (Å²) in [5.74, 6) is -0.274. The Labute approximate surface area is 138 Å². The van der Waals surface area contributed by atoms with Gasteiger partial charge in [-0.25, -0.2) is 4.98 Å². The third-order valence-corrected chi connectivity index (χ3v) is 3.59. The third-order valence-electron chi connectivity index (χ3n) is 3.16. The van der Waals surface area contributed by atoms with E-state index in [0.29, 0.717) is 22.2 Å². The summed E-state index contributed by atoms with van der Waals surface area (Å²) in [6.07, 6.45) is 4.00. The Kier molecular flexibility index (Phi) is 5.83. The zero-order valence-corrected chi connectivity index (χ0v) is 13.6. The fourth-order valence-electron chi connectivity index (χ4n) is 2.08. The van der Waals surface area contributed by atoms with Crippen molar-refractivity contribution in [3.63, 3.8) is 0 Å². The average Bonchev–Trinajstić information content (AvgIpc) is 2.95. The third kappa shape index (κ3) is 4.73. The van der Waals surface area contributed by atoms with Crippen molar-refractivity contribution < 1.29 is 9.90 Å². The van der Waals surface area contributed by atoms with E-state index in [1.807, 2.05) is 17.7 Å². The van der Waals surface area contributed by atoms with E-state index >= 15 is 0 Å². The highest BCUT2D eigenvalue weighted by Gasteiger charge is 2.18. The fourth-order valence-corrected chi connectivity index (χ4v) is 2.62. The quantitative estimate of drug-likeness (QED) is 0.848. The molecule has 0 radical (unpaired) electrons. The molecule has 1 heterocycles. The maximum atomic E-state index is 12.0. The van der Waals surface area contributed by atoms with Crippen LogP contribution in [0.3, 0.4) is 0 Å². The number of carbonyl (C=O) groups excluding carboxylic acids is 1. The number of nitrogens with zero attached hydrogens (tertiary/aromatic N) is 2. The van der Waals surface area contributed by atoms with Gasteiger partial charge in [0, 0.05) is 35.5 Å². The highest BCUT2D eigenvalue weighted by atomic mass is 35.5. The van der Waals surface area contributed by atoms with E-state index < -0.39 is 12.0 Å². The molecule has 2 unspecified atom stereocenters. The first kappa shape index (κ1) is 16.8. The molecule has 0 aliphatic heterocycles. The van der Waals surface area contributed by atoms with Gasteiger partial charge in [0.15, 0.2) is 6.10 Å². The number of nitrogens with one attached hydrogen (secondary N) is 1. The van der Waals surface area contributed by atoms with Crippen molar-refractivity contribution in [3.05, 3.63) is 52.5 Å². The van der Waals surface area contributed by atoms with Crippen LogP contribution in [0.2, 0.25) is 10.0 Å². The maximum absolute atomic E-state index is 12.0. The molecule has 22 heavy (non-hydrogen) atoms. The summed E-state index contributed by atoms with van der Waals surface area (Å²) < 4.78 is 1.93. The summed E-state index contributed by atoms with van der Waals surface area (Å²) in [4.78, 5) is 16.0. The van der Waals surface area contributed by atoms with E-state index in [4.69, 9.17) is 23.2 Å². The number of hydrogen-bond acceptors (Lipinski definition) is 3. The molecule has 2 N–H and O–H groups in total. The molecular formula is C15H17Cl2N3O2. The zero-order valence-electron chi connectivity index (χ0n) is 12.0. The smallest absolute Gasteiger partial charge is 0.253 e. The van der Waals surface area contributed by atoms with Crippen LogP contribution in [0.15, 0.2) is 36.9 Å². The summed E-state index contributed by atoms with van der Waals surface area (Å²) in [7, 11) is 0. The van der Waals surface area contributed by atoms with Gasteiger partial charge in [-0.2, -0.15) is 0 Å². The summed E-state index contributed by atoms with van der Waals surface area (Å²) in [6, 6.07) is 4.59. The van der Waals surface area contributed by atoms with Crippen molar-refractivity contribution in [3.8, 4) is 0 Å². The molecule has 0 saturated carbocycles. The summed E-state index contributed by atoms with van der Waals surface area (Å²) >= 11 is 11.7. The van der Waals surface area contributed by atoms with E-state index in [9.17, 15) is 9.90 Å². The first-order chi connectivity index (χ1) is 10.5. The largest absolute Gasteiger partial charge is 0.378 e. The molecule has 1 amide bonds. The highest BCUT2D eigenvalue weighted by Crippen LogP contribution is 2.23. The molecule has 0 fully saturated rings. The number of aromatic nitrogens is 2. The number of amides is 1. The second kappa shape index (κ2) is 7.63. The standard InChI is InChI=1S/C15H17Cl2N3O2/c1-10(8-20-3-2-18-9-20)7-19-15(22)14(21)11-4-12(16)6-13(17)5-11/h2-6,9-10,14,21H,7-8H2,1H3,(H,19,22). The van der Waals surface area contributed by atoms with Crippen molar-refractivity contribution in [2.75, 3.05) is 6.54 Å². The van der Waals surface area contributed by atoms with Crippen molar-refractivity contribution in [1.29, 1.82) is 0 Å². The van der Waals surface area contributed by atoms with Crippen LogP contribution >= 0.6 is 23.2 Å². The lowest BCUT2D eigenvalue weighted by atomic mass is 10.1. The molecule has 2 rings (SSSR count). The van der Waals surface area contributed by atoms with Gasteiger partial charge in [-0.05, 0) is 29.7 Å². The maximum Gasteiger partial charge on any atom is 0.253 e. The number of hydrogen-bond donors (Lipinski definition) is 2. The predicted molar refractivity (Wildman–Crippen MR) is 85.8 cm³/mol. The van der Waals surface area contributed by atoms with Crippen LogP contribution in [0.25, 0.3) is 0 Å². The van der Waals surface area contributed by atoms with Crippen molar-refractivity contribution >= 4 is 29.1 Å². The van der Waals surface area contributed by atoms with Gasteiger partial charge in [-0.15, -0.1) is 0 Å². The monoisotopic (exact) mass is 341 g/mol. The lowest BCUT2D eigenvalue weighted by Gasteiger charge is -2.16. The van der Waals surface area contributed by atoms with Gasteiger partial charge in [0.05, 0.1) is 6.33 Å². The Bertz CT molecular complexity index is 611. The molecule has 118 valence electrons. The van der Waals surface area contributed by atoms with Crippen molar-refractivity contribution in [2.24, 2.45) is 5.92 Å². The molecule has 7 heteroatoms. The Morgan fingerprint density at radius 3 is 2.64 bits per heavy atom. The molecule has 1 aromatic heterocycles. The zero-order chi connectivity index (χ0) is 16.1. The van der Waals surface area contributed by atoms with E-state index in [2.05, 4.69) is 10.3 Å². The van der Waals surface area contributed by atoms with Gasteiger partial charge in [0.2, 0.25) is 0 Å². The van der Waals surface area contributed by atoms with Crippen LogP contribution in [0, 0.1) is 5.92 Å². The first-order valence-electron chi connectivity index (χ1n) is 6.83. The summed E-state index contributed by atoms with van der Waals surface area (Å²) in [5.41, 5.74) is 0.372. The molecule has 2 aromatic rings. The van der Waals surface area contributed by atoms with Gasteiger partial charge in [-0.3, -0.25) is 4.79 Å². The van der Waals surface area contributed by atoms with E-state index in [1.54, 1.807) is 18.6 Å².